The molecule has 4 rings (SSSR count). The molecule has 3 aliphatic heterocycles. The molecule has 2 saturated heterocycles. The van der Waals surface area contributed by atoms with Gasteiger partial charge in [0.2, 0.25) is 11.8 Å². The minimum Gasteiger partial charge on any atom is -0.508 e. The number of aliphatic carboxylic acids is 1. The number of carbonyl (C=O) groups is 4. The van der Waals surface area contributed by atoms with E-state index in [4.69, 9.17) is 17.3 Å². The summed E-state index contributed by atoms with van der Waals surface area (Å²) in [6.07, 6.45) is -0.490. The van der Waals surface area contributed by atoms with Gasteiger partial charge in [0.25, 0.3) is 0 Å². The van der Waals surface area contributed by atoms with Gasteiger partial charge in [-0.05, 0) is 43.9 Å². The van der Waals surface area contributed by atoms with Crippen LogP contribution in [0.15, 0.2) is 23.4 Å². The highest BCUT2D eigenvalue weighted by atomic mass is 35.5. The van der Waals surface area contributed by atoms with Gasteiger partial charge >= 0.3 is 5.97 Å². The molecule has 3 aliphatic rings. The van der Waals surface area contributed by atoms with Crippen LogP contribution in [-0.4, -0.2) is 80.0 Å². The van der Waals surface area contributed by atoms with E-state index in [0.29, 0.717) is 24.1 Å². The highest BCUT2D eigenvalue weighted by Crippen LogP contribution is 2.47. The van der Waals surface area contributed by atoms with E-state index in [1.807, 2.05) is 6.92 Å². The third kappa shape index (κ3) is 4.16. The Bertz CT molecular complexity index is 1180. The van der Waals surface area contributed by atoms with Gasteiger partial charge in [-0.15, -0.1) is 0 Å². The maximum Gasteiger partial charge on any atom is 0.352 e. The van der Waals surface area contributed by atoms with Gasteiger partial charge in [0, 0.05) is 36.6 Å². The van der Waals surface area contributed by atoms with Crippen molar-refractivity contribution in [3.8, 4) is 5.75 Å². The smallest absolute Gasteiger partial charge is 0.352 e. The molecule has 1 aromatic carbocycles. The van der Waals surface area contributed by atoms with Crippen molar-refractivity contribution in [1.29, 1.82) is 0 Å². The second kappa shape index (κ2) is 9.49. The van der Waals surface area contributed by atoms with Crippen LogP contribution in [0, 0.1) is 24.7 Å². The molecule has 1 aromatic rings. The first-order valence-corrected chi connectivity index (χ1v) is 12.2. The first-order valence-electron chi connectivity index (χ1n) is 11.9. The molecule has 0 unspecified atom stereocenters. The highest BCUT2D eigenvalue weighted by molar-refractivity contribution is 6.34. The molecular weight excluding hydrogens is 490 g/mol. The third-order valence-corrected chi connectivity index (χ3v) is 8.33. The zero-order chi connectivity index (χ0) is 26.6. The van der Waals surface area contributed by atoms with Crippen LogP contribution in [0.4, 0.5) is 0 Å². The quantitative estimate of drug-likeness (QED) is 0.295. The summed E-state index contributed by atoms with van der Waals surface area (Å²) in [4.78, 5) is 53.0. The van der Waals surface area contributed by atoms with Crippen molar-refractivity contribution < 1.29 is 34.5 Å². The number of primary amides is 1. The van der Waals surface area contributed by atoms with Gasteiger partial charge in [0.05, 0.1) is 29.1 Å². The number of phenols is 1. The van der Waals surface area contributed by atoms with Crippen LogP contribution in [0.1, 0.15) is 42.6 Å². The number of fused-ring (bicyclic) bond motifs is 1. The van der Waals surface area contributed by atoms with Crippen LogP contribution in [0.25, 0.3) is 0 Å². The van der Waals surface area contributed by atoms with Gasteiger partial charge in [0.15, 0.2) is 5.78 Å². The lowest BCUT2D eigenvalue weighted by Crippen LogP contribution is -2.63. The Morgan fingerprint density at radius 3 is 2.53 bits per heavy atom. The number of amides is 2. The molecule has 0 radical (unpaired) electrons. The number of nitrogens with two attached hydrogens (primary N) is 1. The number of ketones is 1. The summed E-state index contributed by atoms with van der Waals surface area (Å²) in [6, 6.07) is 1.72. The number of benzene rings is 1. The summed E-state index contributed by atoms with van der Waals surface area (Å²) in [5, 5.41) is 29.9. The van der Waals surface area contributed by atoms with Gasteiger partial charge in [-0.1, -0.05) is 18.5 Å². The van der Waals surface area contributed by atoms with E-state index in [-0.39, 0.29) is 52.6 Å². The molecule has 2 amide bonds. The molecule has 194 valence electrons. The average Bonchev–Trinajstić information content (AvgIpc) is 3.29. The standard InChI is InChI=1S/C25H30ClN3O7/c1-10-15(22(25(35)36)29-21(10)19(12(3)30)24(29)34)9-28-8-13(6-16(28)23(27)33)7-18(32)14-4-5-17(31)11(2)20(14)26/h4-5,10,12-13,16,19,21,30-31H,6-9H2,1-3H3,(H2,27,33)(H,35,36)/t10-,12+,13+,16-,19+,21+/m0/s1. The topological polar surface area (TPSA) is 161 Å². The maximum atomic E-state index is 13.0. The zero-order valence-electron chi connectivity index (χ0n) is 20.3. The second-order valence-corrected chi connectivity index (χ2v) is 10.5. The number of halogens is 1. The van der Waals surface area contributed by atoms with Crippen molar-refractivity contribution in [2.75, 3.05) is 13.1 Å². The summed E-state index contributed by atoms with van der Waals surface area (Å²) >= 11 is 6.26. The number of aromatic hydroxyl groups is 1. The Balaban J connectivity index is 1.55. The zero-order valence-corrected chi connectivity index (χ0v) is 21.0. The van der Waals surface area contributed by atoms with Gasteiger partial charge in [-0.3, -0.25) is 19.3 Å². The summed E-state index contributed by atoms with van der Waals surface area (Å²) in [6.45, 7) is 5.37. The van der Waals surface area contributed by atoms with Crippen molar-refractivity contribution in [1.82, 2.24) is 9.80 Å². The number of aliphatic hydroxyl groups is 1. The fraction of sp³-hybridized carbons (Fsp3) is 0.520. The normalized spacial score (nSPS) is 28.8. The molecule has 36 heavy (non-hydrogen) atoms. The number of carboxylic acid groups (broad SMARTS) is 1. The maximum absolute atomic E-state index is 13.0. The highest BCUT2D eigenvalue weighted by Gasteiger charge is 2.60. The number of Topliss-reactive ketones (excluding diaryl/α,β-unsaturated/α-hetero) is 1. The number of hydrogen-bond acceptors (Lipinski definition) is 7. The summed E-state index contributed by atoms with van der Waals surface area (Å²) in [7, 11) is 0. The second-order valence-electron chi connectivity index (χ2n) is 10.1. The van der Waals surface area contributed by atoms with E-state index in [9.17, 15) is 34.5 Å². The molecular formula is C25H30ClN3O7. The van der Waals surface area contributed by atoms with Gasteiger partial charge in [0.1, 0.15) is 11.4 Å². The molecule has 6 atom stereocenters. The number of nitrogens with zero attached hydrogens (tertiary/aromatic N) is 2. The third-order valence-electron chi connectivity index (χ3n) is 7.84. The Kier molecular flexibility index (Phi) is 6.89. The molecule has 0 saturated carbocycles. The number of rotatable bonds is 8. The van der Waals surface area contributed by atoms with Gasteiger partial charge < -0.3 is 26.0 Å². The molecule has 10 nitrogen and oxygen atoms in total. The minimum atomic E-state index is -1.24. The monoisotopic (exact) mass is 519 g/mol. The number of carboxylic acids is 1. The van der Waals surface area contributed by atoms with Crippen LogP contribution in [0.3, 0.4) is 0 Å². The molecule has 2 fully saturated rings. The Morgan fingerprint density at radius 2 is 1.94 bits per heavy atom. The van der Waals surface area contributed by atoms with Crippen molar-refractivity contribution in [2.45, 2.75) is 51.8 Å². The molecule has 0 aromatic heterocycles. The predicted octanol–water partition coefficient (Wildman–Crippen LogP) is 1.30. The average molecular weight is 520 g/mol. The molecule has 0 aliphatic carbocycles. The lowest BCUT2D eigenvalue weighted by Gasteiger charge is -2.46. The molecule has 11 heteroatoms. The molecule has 5 N–H and O–H groups in total. The van der Waals surface area contributed by atoms with E-state index in [0.717, 1.165) is 0 Å². The van der Waals surface area contributed by atoms with Crippen molar-refractivity contribution in [2.24, 2.45) is 23.5 Å². The number of carbonyl (C=O) groups excluding carboxylic acids is 3. The number of aliphatic hydroxyl groups excluding tert-OH is 1. The summed E-state index contributed by atoms with van der Waals surface area (Å²) in [5.74, 6) is -3.72. The molecule has 0 spiro atoms. The fourth-order valence-corrected chi connectivity index (χ4v) is 6.22. The predicted molar refractivity (Wildman–Crippen MR) is 129 cm³/mol. The van der Waals surface area contributed by atoms with E-state index < -0.39 is 41.9 Å². The van der Waals surface area contributed by atoms with Crippen molar-refractivity contribution >= 4 is 35.2 Å². The van der Waals surface area contributed by atoms with Gasteiger partial charge in [-0.2, -0.15) is 0 Å². The first-order chi connectivity index (χ1) is 16.8. The van der Waals surface area contributed by atoms with E-state index in [1.54, 1.807) is 11.8 Å². The van der Waals surface area contributed by atoms with E-state index >= 15 is 0 Å². The van der Waals surface area contributed by atoms with E-state index in [1.165, 1.54) is 24.0 Å². The summed E-state index contributed by atoms with van der Waals surface area (Å²) < 4.78 is 0. The van der Waals surface area contributed by atoms with E-state index in [2.05, 4.69) is 0 Å². The number of likely N-dealkylation sites (tertiary alicyclic amines) is 1. The number of β-lactam (4-membered cyclic amide) rings is 1. The molecule has 0 bridgehead atoms. The fourth-order valence-electron chi connectivity index (χ4n) is 5.95. The van der Waals surface area contributed by atoms with Crippen LogP contribution in [-0.2, 0) is 14.4 Å². The Hall–Kier alpha value is -2.95. The van der Waals surface area contributed by atoms with Crippen LogP contribution in [0.2, 0.25) is 5.02 Å². The lowest BCUT2D eigenvalue weighted by molar-refractivity contribution is -0.163. The van der Waals surface area contributed by atoms with Crippen molar-refractivity contribution in [3.63, 3.8) is 0 Å². The Morgan fingerprint density at radius 1 is 1.28 bits per heavy atom. The van der Waals surface area contributed by atoms with Crippen LogP contribution in [0.5, 0.6) is 5.75 Å². The lowest BCUT2D eigenvalue weighted by atomic mass is 9.77. The number of hydrogen-bond donors (Lipinski definition) is 4. The Labute approximate surface area is 213 Å². The number of phenolic OH excluding ortho intramolecular Hbond substituents is 1. The van der Waals surface area contributed by atoms with Crippen molar-refractivity contribution in [3.05, 3.63) is 39.6 Å². The van der Waals surface area contributed by atoms with Gasteiger partial charge in [-0.25, -0.2) is 4.79 Å². The van der Waals surface area contributed by atoms with Crippen LogP contribution < -0.4 is 5.73 Å². The molecule has 3 heterocycles. The summed E-state index contributed by atoms with van der Waals surface area (Å²) in [5.41, 5.74) is 6.75. The minimum absolute atomic E-state index is 0.00778. The van der Waals surface area contributed by atoms with Crippen LogP contribution >= 0.6 is 11.6 Å². The first kappa shape index (κ1) is 26.1. The SMILES string of the molecule is Cc1c(O)ccc(C(=O)C[C@H]2C[C@@H](C(N)=O)N(CC3=C(C(=O)O)N4C(=O)[C@H]([C@@H](C)O)[C@H]4[C@H]3C)C2)c1Cl. The largest absolute Gasteiger partial charge is 0.508 e.